The predicted molar refractivity (Wildman–Crippen MR) is 121 cm³/mol. The summed E-state index contributed by atoms with van der Waals surface area (Å²) in [5.74, 6) is 0. The van der Waals surface area contributed by atoms with Gasteiger partial charge in [-0.15, -0.1) is 0 Å². The molecular weight excluding hydrogens is 498 g/mol. The van der Waals surface area contributed by atoms with E-state index in [4.69, 9.17) is 21.1 Å². The van der Waals surface area contributed by atoms with Crippen molar-refractivity contribution in [3.63, 3.8) is 0 Å². The molecule has 2 aromatic heterocycles. The molecule has 0 radical (unpaired) electrons. The second-order valence-electron chi connectivity index (χ2n) is 7.39. The van der Waals surface area contributed by atoms with Crippen LogP contribution in [0.2, 0.25) is 9.97 Å². The van der Waals surface area contributed by atoms with Gasteiger partial charge in [0, 0.05) is 0 Å². The van der Waals surface area contributed by atoms with Crippen molar-refractivity contribution in [3.05, 3.63) is 84.0 Å². The van der Waals surface area contributed by atoms with Crippen LogP contribution >= 0.6 is 11.6 Å². The number of rotatable bonds is 7. The zero-order valence-corrected chi connectivity index (χ0v) is 19.4. The number of ether oxygens (including phenoxy) is 2. The normalized spacial score (nSPS) is 23.1. The Labute approximate surface area is 195 Å². The van der Waals surface area contributed by atoms with Gasteiger partial charge in [0.25, 0.3) is 0 Å². The van der Waals surface area contributed by atoms with Gasteiger partial charge in [-0.1, -0.05) is 0 Å². The van der Waals surface area contributed by atoms with Crippen LogP contribution in [0, 0.1) is 0 Å². The Hall–Kier alpha value is -2.35. The molecule has 0 aliphatic carbocycles. The molecule has 0 amide bonds. The van der Waals surface area contributed by atoms with Gasteiger partial charge in [-0.05, 0) is 0 Å². The third kappa shape index (κ3) is 4.42. The van der Waals surface area contributed by atoms with Crippen molar-refractivity contribution in [1.29, 1.82) is 0 Å². The van der Waals surface area contributed by atoms with Gasteiger partial charge in [-0.2, -0.15) is 0 Å². The molecule has 0 saturated carbocycles. The fraction of sp³-hybridized carbons (Fsp3) is 0.261. The van der Waals surface area contributed by atoms with Crippen LogP contribution in [0.5, 0.6) is 0 Å². The molecule has 1 saturated heterocycles. The Bertz CT molecular complexity index is 1180. The molecule has 9 heteroatoms. The first-order valence-electron chi connectivity index (χ1n) is 10.2. The molecule has 0 spiro atoms. The molecule has 3 heterocycles. The Morgan fingerprint density at radius 1 is 1.03 bits per heavy atom. The summed E-state index contributed by atoms with van der Waals surface area (Å²) in [6.07, 6.45) is 0.492. The molecule has 5 rings (SSSR count). The Kier molecular flexibility index (Phi) is 6.48. The minimum absolute atomic E-state index is 0.158. The van der Waals surface area contributed by atoms with E-state index in [-0.39, 0.29) is 31.5 Å². The van der Waals surface area contributed by atoms with Gasteiger partial charge in [0.15, 0.2) is 0 Å². The Morgan fingerprint density at radius 3 is 2.56 bits per heavy atom. The first-order chi connectivity index (χ1) is 15.7. The van der Waals surface area contributed by atoms with Gasteiger partial charge < -0.3 is 0 Å². The van der Waals surface area contributed by atoms with Crippen molar-refractivity contribution in [2.45, 2.75) is 29.9 Å². The number of alkyl halides is 1. The number of hydrogen-bond donors (Lipinski definition) is 0. The van der Waals surface area contributed by atoms with Crippen LogP contribution in [-0.2, 0) is 16.1 Å². The van der Waals surface area contributed by atoms with E-state index in [1.807, 2.05) is 60.7 Å². The molecule has 0 bridgehead atoms. The van der Waals surface area contributed by atoms with Crippen LogP contribution in [0.1, 0.15) is 11.8 Å². The molecule has 164 valence electrons. The maximum absolute atomic E-state index is 15.7. The van der Waals surface area contributed by atoms with Crippen molar-refractivity contribution in [1.82, 2.24) is 19.5 Å². The van der Waals surface area contributed by atoms with Crippen LogP contribution in [0.25, 0.3) is 11.2 Å². The van der Waals surface area contributed by atoms with Crippen LogP contribution in [0.3, 0.4) is 0 Å². The number of imidazole rings is 1. The summed E-state index contributed by atoms with van der Waals surface area (Å²) in [6, 6.07) is 19.7. The molecule has 4 atom stereocenters. The van der Waals surface area contributed by atoms with Gasteiger partial charge in [0.05, 0.1) is 0 Å². The first kappa shape index (κ1) is 21.5. The van der Waals surface area contributed by atoms with E-state index in [1.54, 1.807) is 10.9 Å². The molecule has 0 unspecified atom stereocenters. The van der Waals surface area contributed by atoms with Gasteiger partial charge in [0.1, 0.15) is 0 Å². The minimum atomic E-state index is -1.20. The second kappa shape index (κ2) is 9.65. The van der Waals surface area contributed by atoms with E-state index in [0.717, 1.165) is 10.0 Å². The fourth-order valence-corrected chi connectivity index (χ4v) is 6.57. The number of halogens is 2. The van der Waals surface area contributed by atoms with Crippen molar-refractivity contribution < 1.29 is 13.9 Å². The Balaban J connectivity index is 1.40. The van der Waals surface area contributed by atoms with Crippen molar-refractivity contribution >= 4 is 42.2 Å². The third-order valence-electron chi connectivity index (χ3n) is 5.27. The van der Waals surface area contributed by atoms with Crippen LogP contribution in [0.15, 0.2) is 73.3 Å². The van der Waals surface area contributed by atoms with Gasteiger partial charge in [0.2, 0.25) is 0 Å². The van der Waals surface area contributed by atoms with Crippen LogP contribution < -0.4 is 4.46 Å². The topological polar surface area (TPSA) is 62.1 Å². The molecule has 2 aromatic carbocycles. The number of benzene rings is 2. The van der Waals surface area contributed by atoms with Crippen molar-refractivity contribution in [2.75, 3.05) is 6.61 Å². The maximum atomic E-state index is 15.7. The molecule has 1 aliphatic rings. The van der Waals surface area contributed by atoms with E-state index in [2.05, 4.69) is 15.0 Å². The second-order valence-corrected chi connectivity index (χ2v) is 10.4. The SMILES string of the molecule is F[C@H]1[C@H]([Se]c2ccccc2)[C@@H](n2cnc3ncnc(Cl)c32)O[C@@H]1COCc1ccccc1. The summed E-state index contributed by atoms with van der Waals surface area (Å²) < 4.78 is 30.6. The van der Waals surface area contributed by atoms with Gasteiger partial charge in [-0.3, -0.25) is 0 Å². The van der Waals surface area contributed by atoms with Crippen LogP contribution in [-0.4, -0.2) is 53.4 Å². The average Bonchev–Trinajstić information content (AvgIpc) is 3.38. The molecule has 4 aromatic rings. The number of aromatic nitrogens is 4. The van der Waals surface area contributed by atoms with Gasteiger partial charge >= 0.3 is 196 Å². The summed E-state index contributed by atoms with van der Waals surface area (Å²) in [7, 11) is 0. The summed E-state index contributed by atoms with van der Waals surface area (Å²) in [5, 5.41) is 0.265. The number of hydrogen-bond acceptors (Lipinski definition) is 5. The zero-order valence-electron chi connectivity index (χ0n) is 16.9. The number of fused-ring (bicyclic) bond motifs is 1. The molecule has 0 N–H and O–H groups in total. The van der Waals surface area contributed by atoms with Crippen molar-refractivity contribution in [3.8, 4) is 0 Å². The van der Waals surface area contributed by atoms with E-state index < -0.39 is 18.5 Å². The molecule has 1 fully saturated rings. The third-order valence-corrected chi connectivity index (χ3v) is 8.29. The average molecular weight is 518 g/mol. The zero-order chi connectivity index (χ0) is 21.9. The monoisotopic (exact) mass is 518 g/mol. The van der Waals surface area contributed by atoms with Crippen molar-refractivity contribution in [2.24, 2.45) is 0 Å². The summed E-state index contributed by atoms with van der Waals surface area (Å²) in [6.45, 7) is 0.561. The molecule has 32 heavy (non-hydrogen) atoms. The first-order valence-corrected chi connectivity index (χ1v) is 12.4. The van der Waals surface area contributed by atoms with E-state index in [9.17, 15) is 0 Å². The number of nitrogens with zero attached hydrogens (tertiary/aromatic N) is 4. The molecule has 1 aliphatic heterocycles. The standard InChI is InChI=1S/C23H20ClFN4O2Se/c24-21-19-22(27-13-26-21)28-14-29(19)23-20(32-16-9-5-2-6-10-16)18(25)17(31-23)12-30-11-15-7-3-1-4-8-15/h1-10,13-14,17-18,20,23H,11-12H2/t17-,18-,20+,23+/m1/s1. The molecule has 6 nitrogen and oxygen atoms in total. The quantitative estimate of drug-likeness (QED) is 0.276. The molecular formula is C23H20ClFN4O2Se. The predicted octanol–water partition coefficient (Wildman–Crippen LogP) is 3.75. The Morgan fingerprint density at radius 2 is 1.78 bits per heavy atom. The summed E-state index contributed by atoms with van der Waals surface area (Å²) in [5.41, 5.74) is 2.04. The summed E-state index contributed by atoms with van der Waals surface area (Å²) in [4.78, 5) is 12.2. The van der Waals surface area contributed by atoms with E-state index >= 15 is 4.39 Å². The van der Waals surface area contributed by atoms with E-state index in [1.165, 1.54) is 6.33 Å². The van der Waals surface area contributed by atoms with E-state index in [0.29, 0.717) is 17.8 Å². The van der Waals surface area contributed by atoms with Crippen LogP contribution in [0.4, 0.5) is 4.39 Å². The summed E-state index contributed by atoms with van der Waals surface area (Å²) >= 11 is 6.15. The van der Waals surface area contributed by atoms with Gasteiger partial charge in [-0.25, -0.2) is 0 Å². The fourth-order valence-electron chi connectivity index (χ4n) is 3.73.